The number of nitrogens with zero attached hydrogens (tertiary/aromatic N) is 1. The molecule has 0 rings (SSSR count). The number of hydrogen-bond donors (Lipinski definition) is 0. The van der Waals surface area contributed by atoms with E-state index in [1.165, 1.54) is 17.1 Å². The molecule has 0 unspecified atom stereocenters. The van der Waals surface area contributed by atoms with Crippen molar-refractivity contribution in [1.29, 1.82) is 0 Å². The molecule has 4 nitrogen and oxygen atoms in total. The van der Waals surface area contributed by atoms with Crippen LogP contribution in [0.5, 0.6) is 0 Å². The van der Waals surface area contributed by atoms with Crippen molar-refractivity contribution in [2.75, 3.05) is 13.6 Å². The first kappa shape index (κ1) is 17.4. The summed E-state index contributed by atoms with van der Waals surface area (Å²) in [5.41, 5.74) is 0.169. The van der Waals surface area contributed by atoms with E-state index in [9.17, 15) is 9.59 Å². The highest BCUT2D eigenvalue weighted by molar-refractivity contribution is 6.68. The van der Waals surface area contributed by atoms with Gasteiger partial charge in [-0.2, -0.15) is 0 Å². The molecule has 0 aromatic heterocycles. The summed E-state index contributed by atoms with van der Waals surface area (Å²) in [6, 6.07) is 0. The fraction of sp³-hybridized carbons (Fsp3) is 0.429. The highest BCUT2D eigenvalue weighted by Crippen LogP contribution is 2.14. The van der Waals surface area contributed by atoms with Crippen LogP contribution in [0.3, 0.4) is 0 Å². The Morgan fingerprint density at radius 3 is 2.11 bits per heavy atom. The van der Waals surface area contributed by atoms with Gasteiger partial charge in [-0.15, -0.1) is 0 Å². The number of amides is 1. The first-order chi connectivity index (χ1) is 8.62. The number of halogens is 1. The fourth-order valence-corrected chi connectivity index (χ4v) is 1.46. The third-order valence-electron chi connectivity index (χ3n) is 2.12. The molecule has 0 aliphatic rings. The van der Waals surface area contributed by atoms with Crippen LogP contribution in [0.2, 0.25) is 0 Å². The number of hydrogen-bond acceptors (Lipinski definition) is 3. The van der Waals surface area contributed by atoms with Crippen molar-refractivity contribution in [2.45, 2.75) is 26.4 Å². The average molecular weight is 286 g/mol. The smallest absolute Gasteiger partial charge is 0.410 e. The van der Waals surface area contributed by atoms with Gasteiger partial charge in [0.25, 0.3) is 5.24 Å². The number of likely N-dealkylation sites (N-methyl/N-ethyl adjacent to an activating group) is 1. The van der Waals surface area contributed by atoms with Gasteiger partial charge in [0, 0.05) is 19.2 Å². The van der Waals surface area contributed by atoms with Gasteiger partial charge in [0.15, 0.2) is 0 Å². The number of rotatable bonds is 5. The van der Waals surface area contributed by atoms with Crippen LogP contribution in [0, 0.1) is 0 Å². The molecule has 0 spiro atoms. The number of carbonyl (C=O) groups is 2. The van der Waals surface area contributed by atoms with Crippen molar-refractivity contribution in [3.8, 4) is 0 Å². The van der Waals surface area contributed by atoms with Crippen LogP contribution >= 0.6 is 11.6 Å². The lowest BCUT2D eigenvalue weighted by atomic mass is 10.1. The van der Waals surface area contributed by atoms with E-state index in [-0.39, 0.29) is 12.1 Å². The van der Waals surface area contributed by atoms with E-state index < -0.39 is 16.9 Å². The van der Waals surface area contributed by atoms with Crippen LogP contribution in [0.15, 0.2) is 36.5 Å². The zero-order valence-corrected chi connectivity index (χ0v) is 12.6. The zero-order valence-electron chi connectivity index (χ0n) is 11.8. The Morgan fingerprint density at radius 1 is 1.26 bits per heavy atom. The van der Waals surface area contributed by atoms with E-state index in [0.29, 0.717) is 5.57 Å². The molecule has 0 atom stereocenters. The van der Waals surface area contributed by atoms with Gasteiger partial charge in [-0.25, -0.2) is 4.79 Å². The SMILES string of the molecule is C=C/C(CN(C)C(=O)OC(C)(C)C)=C(\C=C)C(=O)Cl. The minimum Gasteiger partial charge on any atom is -0.444 e. The van der Waals surface area contributed by atoms with Gasteiger partial charge >= 0.3 is 6.09 Å². The van der Waals surface area contributed by atoms with E-state index in [4.69, 9.17) is 16.3 Å². The molecule has 0 heterocycles. The minimum absolute atomic E-state index is 0.165. The molecular formula is C14H20ClNO3. The van der Waals surface area contributed by atoms with Gasteiger partial charge in [-0.3, -0.25) is 4.79 Å². The third-order valence-corrected chi connectivity index (χ3v) is 2.32. The summed E-state index contributed by atoms with van der Waals surface area (Å²) in [6.07, 6.45) is 2.32. The van der Waals surface area contributed by atoms with Crippen LogP contribution in [-0.2, 0) is 9.53 Å². The second kappa shape index (κ2) is 7.14. The molecular weight excluding hydrogens is 266 g/mol. The van der Waals surface area contributed by atoms with E-state index in [2.05, 4.69) is 13.2 Å². The molecule has 5 heteroatoms. The second-order valence-corrected chi connectivity index (χ2v) is 5.30. The Bertz CT molecular complexity index is 419. The topological polar surface area (TPSA) is 46.6 Å². The standard InChI is InChI=1S/C14H20ClNO3/c1-7-10(11(8-2)12(15)17)9-16(6)13(18)19-14(3,4)5/h7-8H,1-2,9H2,3-6H3/b11-10-. The minimum atomic E-state index is -0.637. The largest absolute Gasteiger partial charge is 0.444 e. The Hall–Kier alpha value is -1.55. The van der Waals surface area contributed by atoms with Crippen molar-refractivity contribution < 1.29 is 14.3 Å². The number of allylic oxidation sites excluding steroid dienone is 2. The summed E-state index contributed by atoms with van der Waals surface area (Å²) in [5.74, 6) is 0. The lowest BCUT2D eigenvalue weighted by molar-refractivity contribution is -0.108. The molecule has 0 aromatic carbocycles. The molecule has 0 fully saturated rings. The third kappa shape index (κ3) is 6.25. The van der Waals surface area contributed by atoms with Crippen LogP contribution in [0.1, 0.15) is 20.8 Å². The molecule has 0 bridgehead atoms. The summed E-state index contributed by atoms with van der Waals surface area (Å²) < 4.78 is 5.21. The Kier molecular flexibility index (Phi) is 6.56. The Labute approximate surface area is 119 Å². The molecule has 0 saturated heterocycles. The maximum atomic E-state index is 11.8. The lowest BCUT2D eigenvalue weighted by Crippen LogP contribution is -2.35. The molecule has 1 amide bonds. The first-order valence-corrected chi connectivity index (χ1v) is 6.12. The second-order valence-electron chi connectivity index (χ2n) is 4.96. The van der Waals surface area contributed by atoms with Crippen molar-refractivity contribution in [3.63, 3.8) is 0 Å². The number of carbonyl (C=O) groups excluding carboxylic acids is 2. The van der Waals surface area contributed by atoms with Gasteiger partial charge in [-0.1, -0.05) is 25.3 Å². The van der Waals surface area contributed by atoms with Gasteiger partial charge in [-0.05, 0) is 37.9 Å². The molecule has 19 heavy (non-hydrogen) atoms. The molecule has 0 saturated carbocycles. The highest BCUT2D eigenvalue weighted by Gasteiger charge is 2.20. The summed E-state index contributed by atoms with van der Waals surface area (Å²) in [6.45, 7) is 12.6. The molecule has 0 radical (unpaired) electrons. The van der Waals surface area contributed by atoms with Crippen LogP contribution < -0.4 is 0 Å². The number of ether oxygens (including phenoxy) is 1. The monoisotopic (exact) mass is 285 g/mol. The normalized spacial score (nSPS) is 12.3. The van der Waals surface area contributed by atoms with Gasteiger partial charge in [0.05, 0.1) is 0 Å². The van der Waals surface area contributed by atoms with E-state index in [0.717, 1.165) is 0 Å². The average Bonchev–Trinajstić information content (AvgIpc) is 2.25. The maximum absolute atomic E-state index is 11.8. The summed E-state index contributed by atoms with van der Waals surface area (Å²) in [7, 11) is 1.57. The van der Waals surface area contributed by atoms with Crippen molar-refractivity contribution >= 4 is 22.9 Å². The maximum Gasteiger partial charge on any atom is 0.410 e. The summed E-state index contributed by atoms with van der Waals surface area (Å²) >= 11 is 5.44. The van der Waals surface area contributed by atoms with Gasteiger partial charge < -0.3 is 9.64 Å². The predicted molar refractivity (Wildman–Crippen MR) is 77.1 cm³/mol. The molecule has 106 valence electrons. The molecule has 0 aliphatic heterocycles. The van der Waals surface area contributed by atoms with E-state index >= 15 is 0 Å². The van der Waals surface area contributed by atoms with E-state index in [1.54, 1.807) is 27.8 Å². The Balaban J connectivity index is 5.00. The summed E-state index contributed by atoms with van der Waals surface area (Å²) in [4.78, 5) is 24.3. The highest BCUT2D eigenvalue weighted by atomic mass is 35.5. The fourth-order valence-electron chi connectivity index (χ4n) is 1.26. The summed E-state index contributed by atoms with van der Waals surface area (Å²) in [5, 5.41) is -0.637. The van der Waals surface area contributed by atoms with Gasteiger partial charge in [0.1, 0.15) is 5.60 Å². The Morgan fingerprint density at radius 2 is 1.79 bits per heavy atom. The van der Waals surface area contributed by atoms with E-state index in [1.807, 2.05) is 0 Å². The van der Waals surface area contributed by atoms with Crippen molar-refractivity contribution in [2.24, 2.45) is 0 Å². The lowest BCUT2D eigenvalue weighted by Gasteiger charge is -2.25. The van der Waals surface area contributed by atoms with Gasteiger partial charge in [0.2, 0.25) is 0 Å². The molecule has 0 N–H and O–H groups in total. The van der Waals surface area contributed by atoms with Crippen LogP contribution in [-0.4, -0.2) is 35.4 Å². The molecule has 0 aliphatic carbocycles. The first-order valence-electron chi connectivity index (χ1n) is 5.74. The quantitative estimate of drug-likeness (QED) is 0.442. The van der Waals surface area contributed by atoms with Crippen LogP contribution in [0.4, 0.5) is 4.79 Å². The van der Waals surface area contributed by atoms with Crippen molar-refractivity contribution in [1.82, 2.24) is 4.90 Å². The molecule has 0 aromatic rings. The van der Waals surface area contributed by atoms with Crippen LogP contribution in [0.25, 0.3) is 0 Å². The zero-order chi connectivity index (χ0) is 15.2. The van der Waals surface area contributed by atoms with Crippen molar-refractivity contribution in [3.05, 3.63) is 36.5 Å². The predicted octanol–water partition coefficient (Wildman–Crippen LogP) is 3.29.